The first-order valence-electron chi connectivity index (χ1n) is 3.71. The van der Waals surface area contributed by atoms with Gasteiger partial charge in [-0.15, -0.1) is 0 Å². The summed E-state index contributed by atoms with van der Waals surface area (Å²) in [6.45, 7) is 0.285. The van der Waals surface area contributed by atoms with Crippen molar-refractivity contribution in [2.24, 2.45) is 10.7 Å². The Morgan fingerprint density at radius 1 is 1.69 bits per heavy atom. The molecule has 0 radical (unpaired) electrons. The number of amides is 1. The van der Waals surface area contributed by atoms with Crippen LogP contribution in [0.5, 0.6) is 0 Å². The van der Waals surface area contributed by atoms with Crippen molar-refractivity contribution in [1.29, 1.82) is 0 Å². The average Bonchev–Trinajstić information content (AvgIpc) is 2.56. The summed E-state index contributed by atoms with van der Waals surface area (Å²) in [6.07, 6.45) is 1.31. The van der Waals surface area contributed by atoms with E-state index in [1.54, 1.807) is 7.05 Å². The second kappa shape index (κ2) is 2.58. The predicted octanol–water partition coefficient (Wildman–Crippen LogP) is -0.425. The number of hydrogen-bond donors (Lipinski definition) is 1. The number of guanidine groups is 1. The molecule has 1 aromatic rings. The Balaban J connectivity index is 2.50. The predicted molar refractivity (Wildman–Crippen MR) is 43.9 cm³/mol. The lowest BCUT2D eigenvalue weighted by molar-refractivity contribution is 0.0870. The average molecular weight is 180 g/mol. The highest BCUT2D eigenvalue weighted by molar-refractivity contribution is 6.06. The molecule has 1 amide bonds. The molecule has 68 valence electrons. The van der Waals surface area contributed by atoms with Crippen LogP contribution >= 0.6 is 0 Å². The number of nitrogens with two attached hydrogens (primary N) is 1. The van der Waals surface area contributed by atoms with Gasteiger partial charge in [0, 0.05) is 7.05 Å². The van der Waals surface area contributed by atoms with Gasteiger partial charge in [0.05, 0.1) is 6.54 Å². The summed E-state index contributed by atoms with van der Waals surface area (Å²) in [6, 6.07) is 0. The first kappa shape index (κ1) is 7.78. The Bertz CT molecular complexity index is 382. The second-order valence-electron chi connectivity index (χ2n) is 2.71. The molecular formula is C7H8N4O2. The molecule has 0 saturated heterocycles. The van der Waals surface area contributed by atoms with Gasteiger partial charge in [-0.25, -0.2) is 4.99 Å². The van der Waals surface area contributed by atoms with Crippen molar-refractivity contribution in [2.75, 3.05) is 7.05 Å². The highest BCUT2D eigenvalue weighted by Gasteiger charge is 2.24. The minimum Gasteiger partial charge on any atom is -0.369 e. The molecule has 0 unspecified atom stereocenters. The van der Waals surface area contributed by atoms with Gasteiger partial charge in [-0.3, -0.25) is 9.69 Å². The van der Waals surface area contributed by atoms with Crippen molar-refractivity contribution < 1.29 is 9.32 Å². The van der Waals surface area contributed by atoms with Gasteiger partial charge in [-0.05, 0) is 0 Å². The number of rotatable bonds is 0. The molecule has 0 saturated carbocycles. The zero-order valence-corrected chi connectivity index (χ0v) is 7.02. The summed E-state index contributed by atoms with van der Waals surface area (Å²) in [5, 5.41) is 3.65. The summed E-state index contributed by atoms with van der Waals surface area (Å²) >= 11 is 0. The smallest absolute Gasteiger partial charge is 0.265 e. The van der Waals surface area contributed by atoms with E-state index >= 15 is 0 Å². The van der Waals surface area contributed by atoms with Gasteiger partial charge in [0.15, 0.2) is 5.96 Å². The van der Waals surface area contributed by atoms with E-state index in [0.717, 1.165) is 0 Å². The van der Waals surface area contributed by atoms with Crippen LogP contribution in [0.2, 0.25) is 0 Å². The molecule has 0 atom stereocenters. The molecule has 1 aliphatic rings. The maximum Gasteiger partial charge on any atom is 0.265 e. The molecule has 0 fully saturated rings. The van der Waals surface area contributed by atoms with Crippen molar-refractivity contribution in [3.05, 3.63) is 17.5 Å². The van der Waals surface area contributed by atoms with Crippen LogP contribution in [-0.4, -0.2) is 29.0 Å². The second-order valence-corrected chi connectivity index (χ2v) is 2.71. The van der Waals surface area contributed by atoms with Crippen molar-refractivity contribution in [3.63, 3.8) is 0 Å². The fourth-order valence-corrected chi connectivity index (χ4v) is 1.09. The molecule has 1 aromatic heterocycles. The van der Waals surface area contributed by atoms with Gasteiger partial charge >= 0.3 is 0 Å². The lowest BCUT2D eigenvalue weighted by Crippen LogP contribution is -2.37. The van der Waals surface area contributed by atoms with E-state index in [1.165, 1.54) is 11.2 Å². The van der Waals surface area contributed by atoms with E-state index in [4.69, 9.17) is 5.73 Å². The number of fused-ring (bicyclic) bond motifs is 1. The molecule has 2 rings (SSSR count). The fraction of sp³-hybridized carbons (Fsp3) is 0.286. The third kappa shape index (κ3) is 1.07. The Labute approximate surface area is 74.0 Å². The standard InChI is InChI=1S/C7H8N4O2/c1-11-6(12)4-3-13-10-5(4)2-9-7(11)8/h3H,2H2,1H3,(H2,8,9). The van der Waals surface area contributed by atoms with E-state index in [1.807, 2.05) is 0 Å². The fourth-order valence-electron chi connectivity index (χ4n) is 1.09. The Morgan fingerprint density at radius 3 is 3.23 bits per heavy atom. The van der Waals surface area contributed by atoms with Crippen molar-refractivity contribution >= 4 is 11.9 Å². The summed E-state index contributed by atoms with van der Waals surface area (Å²) in [5.74, 6) is -0.0435. The van der Waals surface area contributed by atoms with Crippen LogP contribution in [0, 0.1) is 0 Å². The Kier molecular flexibility index (Phi) is 1.54. The topological polar surface area (TPSA) is 84.7 Å². The summed E-state index contributed by atoms with van der Waals surface area (Å²) in [4.78, 5) is 16.8. The van der Waals surface area contributed by atoms with Crippen LogP contribution < -0.4 is 5.73 Å². The lowest BCUT2D eigenvalue weighted by Gasteiger charge is -2.12. The van der Waals surface area contributed by atoms with E-state index in [9.17, 15) is 4.79 Å². The minimum absolute atomic E-state index is 0.197. The van der Waals surface area contributed by atoms with E-state index < -0.39 is 0 Å². The van der Waals surface area contributed by atoms with Crippen LogP contribution in [0.4, 0.5) is 0 Å². The van der Waals surface area contributed by atoms with Crippen LogP contribution in [-0.2, 0) is 6.54 Å². The van der Waals surface area contributed by atoms with Crippen molar-refractivity contribution in [3.8, 4) is 0 Å². The molecule has 2 N–H and O–H groups in total. The van der Waals surface area contributed by atoms with Gasteiger partial charge in [-0.2, -0.15) is 0 Å². The summed E-state index contributed by atoms with van der Waals surface area (Å²) in [7, 11) is 1.56. The molecule has 6 heteroatoms. The number of aromatic nitrogens is 1. The van der Waals surface area contributed by atoms with E-state index in [0.29, 0.717) is 11.3 Å². The maximum atomic E-state index is 11.6. The number of hydrogen-bond acceptors (Lipinski definition) is 5. The zero-order valence-electron chi connectivity index (χ0n) is 7.02. The quantitative estimate of drug-likeness (QED) is 0.587. The molecule has 0 aromatic carbocycles. The van der Waals surface area contributed by atoms with Crippen molar-refractivity contribution in [1.82, 2.24) is 10.1 Å². The normalized spacial score (nSPS) is 16.5. The number of aliphatic imine (C=N–C) groups is 1. The number of nitrogens with zero attached hydrogens (tertiary/aromatic N) is 3. The lowest BCUT2D eigenvalue weighted by atomic mass is 10.2. The molecule has 1 aliphatic heterocycles. The highest BCUT2D eigenvalue weighted by atomic mass is 16.5. The molecule has 13 heavy (non-hydrogen) atoms. The van der Waals surface area contributed by atoms with Crippen LogP contribution in [0.3, 0.4) is 0 Å². The molecule has 6 nitrogen and oxygen atoms in total. The summed E-state index contributed by atoms with van der Waals surface area (Å²) < 4.78 is 4.67. The van der Waals surface area contributed by atoms with E-state index in [-0.39, 0.29) is 18.4 Å². The first-order chi connectivity index (χ1) is 6.20. The third-order valence-electron chi connectivity index (χ3n) is 1.91. The molecular weight excluding hydrogens is 172 g/mol. The van der Waals surface area contributed by atoms with Gasteiger partial charge < -0.3 is 10.3 Å². The van der Waals surface area contributed by atoms with Gasteiger partial charge in [-0.1, -0.05) is 5.16 Å². The number of carbonyl (C=O) groups is 1. The molecule has 0 aliphatic carbocycles. The number of carbonyl (C=O) groups excluding carboxylic acids is 1. The van der Waals surface area contributed by atoms with Gasteiger partial charge in [0.25, 0.3) is 5.91 Å². The molecule has 0 bridgehead atoms. The van der Waals surface area contributed by atoms with Gasteiger partial charge in [0.1, 0.15) is 17.5 Å². The zero-order chi connectivity index (χ0) is 9.42. The monoisotopic (exact) mass is 180 g/mol. The third-order valence-corrected chi connectivity index (χ3v) is 1.91. The first-order valence-corrected chi connectivity index (χ1v) is 3.71. The summed E-state index contributed by atoms with van der Waals surface area (Å²) in [5.41, 5.74) is 6.45. The SMILES string of the molecule is CN1C(=O)c2conc2CN=C1N. The van der Waals surface area contributed by atoms with Crippen molar-refractivity contribution in [2.45, 2.75) is 6.54 Å². The Morgan fingerprint density at radius 2 is 2.46 bits per heavy atom. The molecule has 0 spiro atoms. The minimum atomic E-state index is -0.241. The highest BCUT2D eigenvalue weighted by Crippen LogP contribution is 2.13. The van der Waals surface area contributed by atoms with Crippen LogP contribution in [0.25, 0.3) is 0 Å². The maximum absolute atomic E-state index is 11.6. The molecule has 2 heterocycles. The van der Waals surface area contributed by atoms with Gasteiger partial charge in [0.2, 0.25) is 0 Å². The van der Waals surface area contributed by atoms with Crippen LogP contribution in [0.1, 0.15) is 16.1 Å². The largest absolute Gasteiger partial charge is 0.369 e. The Hall–Kier alpha value is -1.85. The van der Waals surface area contributed by atoms with Crippen LogP contribution in [0.15, 0.2) is 15.8 Å². The van der Waals surface area contributed by atoms with E-state index in [2.05, 4.69) is 14.7 Å².